The second-order valence-electron chi connectivity index (χ2n) is 6.67. The molecule has 27 heavy (non-hydrogen) atoms. The maximum Gasteiger partial charge on any atom is 0.355 e. The third-order valence-corrected chi connectivity index (χ3v) is 5.03. The molecule has 8 heteroatoms. The molecule has 1 aromatic carbocycles. The van der Waals surface area contributed by atoms with Crippen molar-refractivity contribution in [3.05, 3.63) is 29.5 Å². The maximum atomic E-state index is 12.4. The number of carbonyl (C=O) groups excluding carboxylic acids is 2. The molecule has 2 heterocycles. The van der Waals surface area contributed by atoms with E-state index in [-0.39, 0.29) is 24.6 Å². The molecule has 1 saturated carbocycles. The minimum absolute atomic E-state index is 0.0265. The third kappa shape index (κ3) is 2.99. The first kappa shape index (κ1) is 17.7. The average Bonchev–Trinajstić information content (AvgIpc) is 3.31. The summed E-state index contributed by atoms with van der Waals surface area (Å²) in [6.45, 7) is 0.0665. The number of esters is 2. The van der Waals surface area contributed by atoms with Gasteiger partial charge >= 0.3 is 11.9 Å². The van der Waals surface area contributed by atoms with Crippen LogP contribution in [-0.2, 0) is 23.8 Å². The summed E-state index contributed by atoms with van der Waals surface area (Å²) in [4.78, 5) is 26.0. The molecule has 0 unspecified atom stereocenters. The Morgan fingerprint density at radius 3 is 2.44 bits per heavy atom. The van der Waals surface area contributed by atoms with Gasteiger partial charge in [-0.15, -0.1) is 0 Å². The minimum Gasteiger partial charge on any atom is -0.466 e. The van der Waals surface area contributed by atoms with E-state index in [1.807, 2.05) is 0 Å². The largest absolute Gasteiger partial charge is 0.466 e. The molecule has 1 spiro atoms. The molecule has 0 aromatic heterocycles. The van der Waals surface area contributed by atoms with Crippen LogP contribution in [0.2, 0.25) is 0 Å². The highest BCUT2D eigenvalue weighted by atomic mass is 16.7. The number of benzene rings is 1. The van der Waals surface area contributed by atoms with Crippen molar-refractivity contribution in [1.29, 1.82) is 0 Å². The Hall–Kier alpha value is -2.74. The molecule has 1 aromatic rings. The van der Waals surface area contributed by atoms with Gasteiger partial charge in [0.25, 0.3) is 5.79 Å². The summed E-state index contributed by atoms with van der Waals surface area (Å²) in [5.74, 6) is -0.550. The Balaban J connectivity index is 1.70. The van der Waals surface area contributed by atoms with Gasteiger partial charge in [0.2, 0.25) is 0 Å². The van der Waals surface area contributed by atoms with E-state index in [9.17, 15) is 9.59 Å². The van der Waals surface area contributed by atoms with Crippen molar-refractivity contribution in [1.82, 2.24) is 0 Å². The van der Waals surface area contributed by atoms with Crippen molar-refractivity contribution < 1.29 is 33.3 Å². The van der Waals surface area contributed by atoms with Gasteiger partial charge in [-0.3, -0.25) is 0 Å². The number of fused-ring (bicyclic) bond motifs is 1. The van der Waals surface area contributed by atoms with Gasteiger partial charge < -0.3 is 28.6 Å². The van der Waals surface area contributed by atoms with Gasteiger partial charge in [0.15, 0.2) is 11.5 Å². The number of hydrogen-bond donors (Lipinski definition) is 0. The van der Waals surface area contributed by atoms with Crippen molar-refractivity contribution in [3.8, 4) is 11.5 Å². The number of rotatable bonds is 3. The number of carbonyl (C=O) groups is 2. The van der Waals surface area contributed by atoms with E-state index in [1.165, 1.54) is 14.2 Å². The Bertz CT molecular complexity index is 810. The van der Waals surface area contributed by atoms with Crippen LogP contribution in [0.1, 0.15) is 25.7 Å². The van der Waals surface area contributed by atoms with Crippen LogP contribution in [0.5, 0.6) is 11.5 Å². The van der Waals surface area contributed by atoms with Crippen molar-refractivity contribution in [3.63, 3.8) is 0 Å². The Labute approximate surface area is 156 Å². The van der Waals surface area contributed by atoms with Gasteiger partial charge in [-0.1, -0.05) is 0 Å². The number of methoxy groups -OCH3 is 2. The van der Waals surface area contributed by atoms with Gasteiger partial charge in [0.1, 0.15) is 12.4 Å². The van der Waals surface area contributed by atoms with Crippen LogP contribution >= 0.6 is 0 Å². The first-order valence-corrected chi connectivity index (χ1v) is 8.84. The highest BCUT2D eigenvalue weighted by molar-refractivity contribution is 6.03. The average molecular weight is 375 g/mol. The molecule has 3 aliphatic rings. The summed E-state index contributed by atoms with van der Waals surface area (Å²) in [6, 6.07) is 5.39. The fourth-order valence-electron chi connectivity index (χ4n) is 3.72. The zero-order valence-corrected chi connectivity index (χ0v) is 15.3. The van der Waals surface area contributed by atoms with Gasteiger partial charge in [0, 0.05) is 24.6 Å². The van der Waals surface area contributed by atoms with Crippen LogP contribution in [-0.4, -0.2) is 45.3 Å². The highest BCUT2D eigenvalue weighted by Crippen LogP contribution is 2.48. The van der Waals surface area contributed by atoms with E-state index in [1.54, 1.807) is 23.1 Å². The predicted molar refractivity (Wildman–Crippen MR) is 93.3 cm³/mol. The van der Waals surface area contributed by atoms with Crippen LogP contribution in [0.15, 0.2) is 29.5 Å². The molecule has 0 atom stereocenters. The van der Waals surface area contributed by atoms with Gasteiger partial charge in [0.05, 0.1) is 26.4 Å². The van der Waals surface area contributed by atoms with Gasteiger partial charge in [-0.25, -0.2) is 9.59 Å². The summed E-state index contributed by atoms with van der Waals surface area (Å²) in [6.07, 6.45) is 3.84. The fourth-order valence-corrected chi connectivity index (χ4v) is 3.72. The lowest BCUT2D eigenvalue weighted by Gasteiger charge is -2.31. The summed E-state index contributed by atoms with van der Waals surface area (Å²) in [7, 11) is 2.52. The van der Waals surface area contributed by atoms with E-state index >= 15 is 0 Å². The molecule has 1 aliphatic carbocycles. The Morgan fingerprint density at radius 1 is 1.04 bits per heavy atom. The normalized spacial score (nSPS) is 20.1. The number of hydrogen-bond acceptors (Lipinski definition) is 8. The van der Waals surface area contributed by atoms with Crippen LogP contribution in [0.3, 0.4) is 0 Å². The smallest absolute Gasteiger partial charge is 0.355 e. The fraction of sp³-hybridized carbons (Fsp3) is 0.474. The molecule has 4 rings (SSSR count). The molecule has 0 N–H and O–H groups in total. The highest BCUT2D eigenvalue weighted by Gasteiger charge is 2.44. The number of nitrogens with zero attached hydrogens (tertiary/aromatic N) is 1. The number of ether oxygens (including phenoxy) is 5. The standard InChI is InChI=1S/C19H21NO7/c1-23-17(21)13-10-25-11-20(16(13)18(22)24-2)12-5-6-14-15(9-12)27-19(26-14)7-3-4-8-19/h5-6,9H,3-4,7-8,10-11H2,1-2H3. The van der Waals surface area contributed by atoms with Crippen molar-refractivity contribution in [2.75, 3.05) is 32.5 Å². The summed E-state index contributed by atoms with van der Waals surface area (Å²) >= 11 is 0. The molecule has 0 bridgehead atoms. The topological polar surface area (TPSA) is 83.5 Å². The molecular formula is C19H21NO7. The third-order valence-electron chi connectivity index (χ3n) is 5.03. The van der Waals surface area contributed by atoms with E-state index in [2.05, 4.69) is 0 Å². The monoisotopic (exact) mass is 375 g/mol. The predicted octanol–water partition coefficient (Wildman–Crippen LogP) is 2.12. The molecular weight excluding hydrogens is 354 g/mol. The summed E-state index contributed by atoms with van der Waals surface area (Å²) in [5.41, 5.74) is 0.847. The van der Waals surface area contributed by atoms with Crippen LogP contribution in [0, 0.1) is 0 Å². The van der Waals surface area contributed by atoms with Crippen LogP contribution in [0.25, 0.3) is 0 Å². The molecule has 0 saturated heterocycles. The van der Waals surface area contributed by atoms with E-state index in [0.717, 1.165) is 25.7 Å². The van der Waals surface area contributed by atoms with Crippen LogP contribution < -0.4 is 14.4 Å². The zero-order chi connectivity index (χ0) is 19.0. The first-order valence-electron chi connectivity index (χ1n) is 8.84. The quantitative estimate of drug-likeness (QED) is 0.743. The first-order chi connectivity index (χ1) is 13.1. The van der Waals surface area contributed by atoms with Crippen molar-refractivity contribution >= 4 is 17.6 Å². The molecule has 8 nitrogen and oxygen atoms in total. The molecule has 0 amide bonds. The Kier molecular flexibility index (Phi) is 4.43. The zero-order valence-electron chi connectivity index (χ0n) is 15.3. The lowest BCUT2D eigenvalue weighted by molar-refractivity contribution is -0.140. The molecule has 0 radical (unpaired) electrons. The second kappa shape index (κ2) is 6.77. The lowest BCUT2D eigenvalue weighted by atomic mass is 10.1. The summed E-state index contributed by atoms with van der Waals surface area (Å²) in [5, 5.41) is 0. The number of anilines is 1. The van der Waals surface area contributed by atoms with Crippen molar-refractivity contribution in [2.45, 2.75) is 31.5 Å². The lowest BCUT2D eigenvalue weighted by Crippen LogP contribution is -2.38. The van der Waals surface area contributed by atoms with Gasteiger partial charge in [-0.2, -0.15) is 0 Å². The SMILES string of the molecule is COC(=O)C1=C(C(=O)OC)N(c2ccc3c(c2)OC2(CCCC2)O3)COC1. The van der Waals surface area contributed by atoms with Gasteiger partial charge in [-0.05, 0) is 25.0 Å². The van der Waals surface area contributed by atoms with E-state index in [0.29, 0.717) is 17.2 Å². The van der Waals surface area contributed by atoms with Crippen LogP contribution in [0.4, 0.5) is 5.69 Å². The second-order valence-corrected chi connectivity index (χ2v) is 6.67. The summed E-state index contributed by atoms with van der Waals surface area (Å²) < 4.78 is 27.3. The molecule has 2 aliphatic heterocycles. The van der Waals surface area contributed by atoms with E-state index in [4.69, 9.17) is 23.7 Å². The van der Waals surface area contributed by atoms with Crippen molar-refractivity contribution in [2.24, 2.45) is 0 Å². The minimum atomic E-state index is -0.636. The molecule has 144 valence electrons. The maximum absolute atomic E-state index is 12.4. The Morgan fingerprint density at radius 2 is 1.74 bits per heavy atom. The van der Waals surface area contributed by atoms with E-state index < -0.39 is 17.7 Å². The molecule has 1 fully saturated rings.